The number of carbonyl (C=O) groups is 2. The zero-order chi connectivity index (χ0) is 21.2. The van der Waals surface area contributed by atoms with Gasteiger partial charge in [-0.2, -0.15) is 0 Å². The van der Waals surface area contributed by atoms with Gasteiger partial charge in [0.1, 0.15) is 0 Å². The number of nitrogens with one attached hydrogen (secondary N) is 4. The van der Waals surface area contributed by atoms with Crippen LogP contribution in [0.25, 0.3) is 0 Å². The summed E-state index contributed by atoms with van der Waals surface area (Å²) >= 11 is 0. The molecule has 1 rings (SSSR count). The summed E-state index contributed by atoms with van der Waals surface area (Å²) in [5, 5.41) is 28.9. The molecule has 6 N–H and O–H groups in total. The Morgan fingerprint density at radius 2 is 1.21 bits per heavy atom. The van der Waals surface area contributed by atoms with Gasteiger partial charge in [-0.3, -0.25) is 0 Å². The molecule has 8 nitrogen and oxygen atoms in total. The molecule has 0 saturated heterocycles. The zero-order valence-electron chi connectivity index (χ0n) is 17.3. The van der Waals surface area contributed by atoms with Crippen LogP contribution in [0.3, 0.4) is 0 Å². The summed E-state index contributed by atoms with van der Waals surface area (Å²) in [4.78, 5) is 24.1. The van der Waals surface area contributed by atoms with Crippen molar-refractivity contribution < 1.29 is 19.8 Å². The number of aliphatic hydroxyl groups is 2. The van der Waals surface area contributed by atoms with E-state index in [0.29, 0.717) is 25.9 Å². The molecule has 0 spiro atoms. The minimum atomic E-state index is -0.626. The molecule has 158 valence electrons. The molecule has 8 heteroatoms. The van der Waals surface area contributed by atoms with E-state index in [1.54, 1.807) is 0 Å². The topological polar surface area (TPSA) is 123 Å². The van der Waals surface area contributed by atoms with Crippen LogP contribution in [0.2, 0.25) is 0 Å². The van der Waals surface area contributed by atoms with Gasteiger partial charge in [0, 0.05) is 26.3 Å². The van der Waals surface area contributed by atoms with Crippen LogP contribution in [0.1, 0.15) is 51.7 Å². The fourth-order valence-corrected chi connectivity index (χ4v) is 2.66. The third-order valence-electron chi connectivity index (χ3n) is 4.40. The summed E-state index contributed by atoms with van der Waals surface area (Å²) in [6.45, 7) is 8.48. The fraction of sp³-hybridized carbons (Fsp3) is 0.600. The molecule has 0 aromatic heterocycles. The first-order valence-corrected chi connectivity index (χ1v) is 9.57. The lowest BCUT2D eigenvalue weighted by Crippen LogP contribution is -2.48. The monoisotopic (exact) mass is 394 g/mol. The van der Waals surface area contributed by atoms with Gasteiger partial charge in [-0.05, 0) is 51.7 Å². The average Bonchev–Trinajstić information content (AvgIpc) is 2.61. The molecular formula is C20H34N4O4. The first kappa shape index (κ1) is 23.7. The molecule has 0 fully saturated rings. The largest absolute Gasteiger partial charge is 0.396 e. The predicted octanol–water partition coefficient (Wildman–Crippen LogP) is 1.52. The van der Waals surface area contributed by atoms with Gasteiger partial charge in [-0.15, -0.1) is 0 Å². The summed E-state index contributed by atoms with van der Waals surface area (Å²) in [7, 11) is 0. The molecule has 0 aliphatic carbocycles. The van der Waals surface area contributed by atoms with E-state index in [9.17, 15) is 9.59 Å². The van der Waals surface area contributed by atoms with E-state index in [2.05, 4.69) is 21.3 Å². The third kappa shape index (κ3) is 7.74. The molecular weight excluding hydrogens is 360 g/mol. The van der Waals surface area contributed by atoms with Crippen molar-refractivity contribution in [3.8, 4) is 0 Å². The van der Waals surface area contributed by atoms with Crippen molar-refractivity contribution in [2.75, 3.05) is 26.3 Å². The van der Waals surface area contributed by atoms with Crippen LogP contribution in [0.15, 0.2) is 24.3 Å². The van der Waals surface area contributed by atoms with E-state index in [1.807, 2.05) is 52.0 Å². The number of amides is 4. The number of hydrogen-bond donors (Lipinski definition) is 6. The van der Waals surface area contributed by atoms with E-state index in [1.165, 1.54) is 0 Å². The summed E-state index contributed by atoms with van der Waals surface area (Å²) < 4.78 is 0. The Bertz CT molecular complexity index is 596. The highest BCUT2D eigenvalue weighted by Gasteiger charge is 2.27. The van der Waals surface area contributed by atoms with Crippen molar-refractivity contribution in [2.45, 2.75) is 51.6 Å². The van der Waals surface area contributed by atoms with Crippen LogP contribution < -0.4 is 21.3 Å². The number of benzene rings is 1. The second-order valence-electron chi connectivity index (χ2n) is 7.75. The Balaban J connectivity index is 2.82. The normalized spacial score (nSPS) is 11.6. The van der Waals surface area contributed by atoms with E-state index in [4.69, 9.17) is 10.2 Å². The Kier molecular flexibility index (Phi) is 9.21. The first-order valence-electron chi connectivity index (χ1n) is 9.57. The molecule has 0 atom stereocenters. The predicted molar refractivity (Wildman–Crippen MR) is 109 cm³/mol. The quantitative estimate of drug-likeness (QED) is 0.337. The second kappa shape index (κ2) is 10.9. The molecule has 1 aromatic carbocycles. The number of aliphatic hydroxyl groups excluding tert-OH is 2. The average molecular weight is 395 g/mol. The molecule has 0 aliphatic heterocycles. The minimum Gasteiger partial charge on any atom is -0.396 e. The lowest BCUT2D eigenvalue weighted by atomic mass is 9.87. The minimum absolute atomic E-state index is 0.0291. The van der Waals surface area contributed by atoms with E-state index >= 15 is 0 Å². The second-order valence-corrected chi connectivity index (χ2v) is 7.75. The highest BCUT2D eigenvalue weighted by atomic mass is 16.3. The molecule has 0 saturated carbocycles. The fourth-order valence-electron chi connectivity index (χ4n) is 2.66. The van der Waals surface area contributed by atoms with Gasteiger partial charge in [0.2, 0.25) is 0 Å². The molecule has 0 bridgehead atoms. The summed E-state index contributed by atoms with van der Waals surface area (Å²) in [6, 6.07) is 7.10. The van der Waals surface area contributed by atoms with E-state index in [0.717, 1.165) is 11.1 Å². The lowest BCUT2D eigenvalue weighted by molar-refractivity contribution is 0.227. The van der Waals surface area contributed by atoms with Crippen LogP contribution in [-0.4, -0.2) is 48.6 Å². The van der Waals surface area contributed by atoms with Gasteiger partial charge in [-0.25, -0.2) is 9.59 Å². The maximum Gasteiger partial charge on any atom is 0.315 e. The van der Waals surface area contributed by atoms with Crippen LogP contribution in [0.5, 0.6) is 0 Å². The number of hydrogen-bond acceptors (Lipinski definition) is 4. The number of rotatable bonds is 10. The number of urea groups is 2. The molecule has 0 aliphatic rings. The number of carbonyl (C=O) groups excluding carboxylic acids is 2. The van der Waals surface area contributed by atoms with Crippen LogP contribution in [0.4, 0.5) is 9.59 Å². The van der Waals surface area contributed by atoms with Crippen molar-refractivity contribution in [1.82, 2.24) is 21.3 Å². The summed E-state index contributed by atoms with van der Waals surface area (Å²) in [5.74, 6) is 0. The van der Waals surface area contributed by atoms with Crippen molar-refractivity contribution in [3.63, 3.8) is 0 Å². The van der Waals surface area contributed by atoms with E-state index in [-0.39, 0.29) is 25.3 Å². The molecule has 4 amide bonds. The van der Waals surface area contributed by atoms with Crippen LogP contribution in [-0.2, 0) is 11.1 Å². The molecule has 1 aromatic rings. The van der Waals surface area contributed by atoms with Gasteiger partial charge >= 0.3 is 12.1 Å². The Morgan fingerprint density at radius 3 is 1.57 bits per heavy atom. The standard InChI is InChI=1S/C20H34N4O4/c1-19(2,23-17(27)21-10-6-12-25)15-8-5-9-16(14-15)20(3,4)24-18(28)22-11-7-13-26/h5,8-9,14,25-26H,6-7,10-13H2,1-4H3,(H2,21,23,27)(H2,22,24,28). The van der Waals surface area contributed by atoms with Gasteiger partial charge in [0.05, 0.1) is 11.1 Å². The van der Waals surface area contributed by atoms with Crippen LogP contribution in [0, 0.1) is 0 Å². The highest BCUT2D eigenvalue weighted by molar-refractivity contribution is 5.75. The van der Waals surface area contributed by atoms with Crippen molar-refractivity contribution in [3.05, 3.63) is 35.4 Å². The molecule has 28 heavy (non-hydrogen) atoms. The highest BCUT2D eigenvalue weighted by Crippen LogP contribution is 2.26. The van der Waals surface area contributed by atoms with Crippen LogP contribution >= 0.6 is 0 Å². The Hall–Kier alpha value is -2.32. The van der Waals surface area contributed by atoms with Crippen molar-refractivity contribution in [1.29, 1.82) is 0 Å². The molecule has 0 unspecified atom stereocenters. The van der Waals surface area contributed by atoms with Crippen molar-refractivity contribution >= 4 is 12.1 Å². The maximum atomic E-state index is 12.1. The van der Waals surface area contributed by atoms with Gasteiger partial charge in [0.15, 0.2) is 0 Å². The maximum absolute atomic E-state index is 12.1. The van der Waals surface area contributed by atoms with Crippen molar-refractivity contribution in [2.24, 2.45) is 0 Å². The first-order chi connectivity index (χ1) is 13.1. The van der Waals surface area contributed by atoms with E-state index < -0.39 is 11.1 Å². The summed E-state index contributed by atoms with van der Waals surface area (Å²) in [6.07, 6.45) is 1.01. The Morgan fingerprint density at radius 1 is 0.821 bits per heavy atom. The van der Waals surface area contributed by atoms with Gasteiger partial charge < -0.3 is 31.5 Å². The SMILES string of the molecule is CC(C)(NC(=O)NCCCO)c1cccc(C(C)(C)NC(=O)NCCCO)c1. The third-order valence-corrected chi connectivity index (χ3v) is 4.40. The summed E-state index contributed by atoms with van der Waals surface area (Å²) in [5.41, 5.74) is 0.549. The Labute approximate surface area is 167 Å². The van der Waals surface area contributed by atoms with Gasteiger partial charge in [0.25, 0.3) is 0 Å². The molecule has 0 heterocycles. The zero-order valence-corrected chi connectivity index (χ0v) is 17.3. The lowest BCUT2D eigenvalue weighted by Gasteiger charge is -2.31. The smallest absolute Gasteiger partial charge is 0.315 e. The van der Waals surface area contributed by atoms with Gasteiger partial charge in [-0.1, -0.05) is 24.3 Å². The molecule has 0 radical (unpaired) electrons.